The largest absolute Gasteiger partial charge is 0.481 e. The summed E-state index contributed by atoms with van der Waals surface area (Å²) in [7, 11) is 1.65. The smallest absolute Gasteiger partial charge is 0.279 e. The van der Waals surface area contributed by atoms with Crippen molar-refractivity contribution in [1.82, 2.24) is 24.9 Å². The quantitative estimate of drug-likeness (QED) is 0.569. The number of aromatic nitrogens is 5. The summed E-state index contributed by atoms with van der Waals surface area (Å²) in [5.74, 6) is 2.48. The fraction of sp³-hybridized carbons (Fsp3) is 0.583. The van der Waals surface area contributed by atoms with Gasteiger partial charge in [0.2, 0.25) is 11.7 Å². The molecule has 2 aliphatic rings. The third kappa shape index (κ3) is 3.75. The summed E-state index contributed by atoms with van der Waals surface area (Å²) < 4.78 is 13.4. The number of methoxy groups -OCH3 is 1. The minimum absolute atomic E-state index is 0.300. The van der Waals surface area contributed by atoms with Gasteiger partial charge in [-0.3, -0.25) is 4.68 Å². The molecule has 2 aliphatic carbocycles. The second-order valence-electron chi connectivity index (χ2n) is 9.81. The number of ether oxygens (including phenoxy) is 1. The molecule has 1 saturated carbocycles. The van der Waals surface area contributed by atoms with Gasteiger partial charge >= 0.3 is 0 Å². The van der Waals surface area contributed by atoms with Gasteiger partial charge in [-0.2, -0.15) is 10.1 Å². The maximum absolute atomic E-state index is 5.75. The summed E-state index contributed by atoms with van der Waals surface area (Å²) in [5, 5.41) is 9.28. The molecule has 3 aromatic heterocycles. The average molecular weight is 422 g/mol. The van der Waals surface area contributed by atoms with Gasteiger partial charge in [0.15, 0.2) is 5.69 Å². The Morgan fingerprint density at radius 1 is 1.26 bits per heavy atom. The molecular formula is C24H31N5O2. The van der Waals surface area contributed by atoms with Crippen LogP contribution in [0.3, 0.4) is 0 Å². The van der Waals surface area contributed by atoms with Gasteiger partial charge in [0.1, 0.15) is 0 Å². The highest BCUT2D eigenvalue weighted by Crippen LogP contribution is 2.40. The van der Waals surface area contributed by atoms with E-state index in [1.54, 1.807) is 7.11 Å². The summed E-state index contributed by atoms with van der Waals surface area (Å²) in [6.45, 7) is 9.72. The second-order valence-corrected chi connectivity index (χ2v) is 9.81. The minimum atomic E-state index is 0.300. The van der Waals surface area contributed by atoms with Crippen molar-refractivity contribution in [1.29, 1.82) is 0 Å². The molecule has 1 fully saturated rings. The highest BCUT2D eigenvalue weighted by atomic mass is 16.5. The van der Waals surface area contributed by atoms with Gasteiger partial charge in [0.25, 0.3) is 5.89 Å². The second kappa shape index (κ2) is 7.46. The van der Waals surface area contributed by atoms with E-state index in [1.165, 1.54) is 24.1 Å². The third-order valence-corrected chi connectivity index (χ3v) is 6.69. The summed E-state index contributed by atoms with van der Waals surface area (Å²) >= 11 is 0. The van der Waals surface area contributed by atoms with Gasteiger partial charge in [0, 0.05) is 28.9 Å². The third-order valence-electron chi connectivity index (χ3n) is 6.69. The van der Waals surface area contributed by atoms with Crippen LogP contribution in [0.5, 0.6) is 5.88 Å². The van der Waals surface area contributed by atoms with Crippen LogP contribution in [-0.4, -0.2) is 32.0 Å². The first-order valence-corrected chi connectivity index (χ1v) is 11.4. The van der Waals surface area contributed by atoms with Crippen LogP contribution in [0.15, 0.2) is 10.6 Å². The molecule has 164 valence electrons. The average Bonchev–Trinajstić information content (AvgIpc) is 3.31. The van der Waals surface area contributed by atoms with Crippen LogP contribution >= 0.6 is 0 Å². The zero-order chi connectivity index (χ0) is 21.8. The zero-order valence-electron chi connectivity index (χ0n) is 19.2. The fourth-order valence-corrected chi connectivity index (χ4v) is 4.58. The molecule has 0 saturated heterocycles. The Kier molecular flexibility index (Phi) is 4.87. The van der Waals surface area contributed by atoms with E-state index in [4.69, 9.17) is 19.3 Å². The Labute approximate surface area is 183 Å². The van der Waals surface area contributed by atoms with Crippen LogP contribution in [0.1, 0.15) is 62.5 Å². The zero-order valence-corrected chi connectivity index (χ0v) is 19.2. The molecule has 3 heterocycles. The number of pyridine rings is 1. The van der Waals surface area contributed by atoms with E-state index in [0.717, 1.165) is 60.7 Å². The predicted octanol–water partition coefficient (Wildman–Crippen LogP) is 4.80. The minimum Gasteiger partial charge on any atom is -0.481 e. The maximum atomic E-state index is 5.75. The Morgan fingerprint density at radius 2 is 2.06 bits per heavy atom. The van der Waals surface area contributed by atoms with Crippen LogP contribution in [0.4, 0.5) is 0 Å². The maximum Gasteiger partial charge on any atom is 0.279 e. The number of hydrogen-bond acceptors (Lipinski definition) is 6. The number of hydrogen-bond donors (Lipinski definition) is 0. The van der Waals surface area contributed by atoms with Crippen molar-refractivity contribution < 1.29 is 9.26 Å². The topological polar surface area (TPSA) is 78.9 Å². The number of aryl methyl sites for hydroxylation is 2. The first-order valence-electron chi connectivity index (χ1n) is 11.4. The van der Waals surface area contributed by atoms with E-state index in [2.05, 4.69) is 41.7 Å². The Balaban J connectivity index is 1.54. The summed E-state index contributed by atoms with van der Waals surface area (Å²) in [4.78, 5) is 9.35. The molecule has 7 nitrogen and oxygen atoms in total. The molecule has 0 aliphatic heterocycles. The van der Waals surface area contributed by atoms with E-state index >= 15 is 0 Å². The molecule has 0 N–H and O–H groups in total. The SMILES string of the molecule is CCc1cc(-c2noc(-c3nn(CC4CC4)c4c3CCC(C)(C)C4)n2)c(C)nc1OC. The molecule has 3 aromatic rings. The lowest BCUT2D eigenvalue weighted by atomic mass is 9.76. The van der Waals surface area contributed by atoms with E-state index < -0.39 is 0 Å². The van der Waals surface area contributed by atoms with Crippen LogP contribution in [-0.2, 0) is 25.8 Å². The number of nitrogens with zero attached hydrogens (tertiary/aromatic N) is 5. The van der Waals surface area contributed by atoms with Gasteiger partial charge in [0.05, 0.1) is 12.8 Å². The summed E-state index contributed by atoms with van der Waals surface area (Å²) in [6, 6.07) is 2.06. The summed E-state index contributed by atoms with van der Waals surface area (Å²) in [6.07, 6.45) is 6.63. The molecule has 0 unspecified atom stereocenters. The van der Waals surface area contributed by atoms with Crippen molar-refractivity contribution in [2.45, 2.75) is 72.8 Å². The predicted molar refractivity (Wildman–Crippen MR) is 118 cm³/mol. The monoisotopic (exact) mass is 421 g/mol. The first-order chi connectivity index (χ1) is 14.9. The van der Waals surface area contributed by atoms with Crippen LogP contribution in [0.2, 0.25) is 0 Å². The van der Waals surface area contributed by atoms with E-state index in [1.807, 2.05) is 6.92 Å². The van der Waals surface area contributed by atoms with Gasteiger partial charge in [-0.1, -0.05) is 25.9 Å². The molecule has 31 heavy (non-hydrogen) atoms. The van der Waals surface area contributed by atoms with E-state index in [0.29, 0.717) is 23.0 Å². The highest BCUT2D eigenvalue weighted by Gasteiger charge is 2.34. The van der Waals surface area contributed by atoms with Crippen molar-refractivity contribution in [3.63, 3.8) is 0 Å². The van der Waals surface area contributed by atoms with Gasteiger partial charge in [-0.25, -0.2) is 4.98 Å². The van der Waals surface area contributed by atoms with Gasteiger partial charge < -0.3 is 9.26 Å². The van der Waals surface area contributed by atoms with Crippen LogP contribution < -0.4 is 4.74 Å². The lowest BCUT2D eigenvalue weighted by Gasteiger charge is -2.30. The molecule has 7 heteroatoms. The molecular weight excluding hydrogens is 390 g/mol. The number of rotatable bonds is 6. The Hall–Kier alpha value is -2.70. The molecule has 5 rings (SSSR count). The fourth-order valence-electron chi connectivity index (χ4n) is 4.58. The van der Waals surface area contributed by atoms with Crippen molar-refractivity contribution in [3.05, 3.63) is 28.6 Å². The highest BCUT2D eigenvalue weighted by molar-refractivity contribution is 5.63. The molecule has 0 radical (unpaired) electrons. The van der Waals surface area contributed by atoms with Crippen LogP contribution in [0.25, 0.3) is 23.0 Å². The standard InChI is InChI=1S/C24H31N5O2/c1-6-16-11-18(14(2)25-22(16)30-5)21-26-23(31-28-21)20-17-9-10-24(3,4)12-19(17)29(27-20)13-15-7-8-15/h11,15H,6-10,12-13H2,1-5H3. The van der Waals surface area contributed by atoms with Gasteiger partial charge in [-0.05, 0) is 62.8 Å². The number of fused-ring (bicyclic) bond motifs is 1. The Bertz CT molecular complexity index is 1120. The molecule has 0 amide bonds. The van der Waals surface area contributed by atoms with Crippen LogP contribution in [0, 0.1) is 18.3 Å². The Morgan fingerprint density at radius 3 is 2.77 bits per heavy atom. The molecule has 0 spiro atoms. The van der Waals surface area contributed by atoms with Crippen molar-refractivity contribution >= 4 is 0 Å². The first kappa shape index (κ1) is 20.2. The van der Waals surface area contributed by atoms with Gasteiger partial charge in [-0.15, -0.1) is 0 Å². The molecule has 0 atom stereocenters. The normalized spacial score (nSPS) is 17.6. The lowest BCUT2D eigenvalue weighted by molar-refractivity contribution is 0.302. The van der Waals surface area contributed by atoms with E-state index in [9.17, 15) is 0 Å². The van der Waals surface area contributed by atoms with Crippen molar-refractivity contribution in [2.24, 2.45) is 11.3 Å². The van der Waals surface area contributed by atoms with Crippen molar-refractivity contribution in [3.8, 4) is 28.9 Å². The summed E-state index contributed by atoms with van der Waals surface area (Å²) in [5.41, 5.74) is 6.53. The van der Waals surface area contributed by atoms with E-state index in [-0.39, 0.29) is 0 Å². The molecule has 0 aromatic carbocycles. The molecule has 0 bridgehead atoms. The van der Waals surface area contributed by atoms with Crippen molar-refractivity contribution in [2.75, 3.05) is 7.11 Å². The lowest BCUT2D eigenvalue weighted by Crippen LogP contribution is -2.24.